The normalized spacial score (nSPS) is 15.5. The van der Waals surface area contributed by atoms with Crippen LogP contribution in [-0.2, 0) is 33.4 Å². The fraction of sp³-hybridized carbons (Fsp3) is 0.810. The minimum atomic E-state index is -4.73. The molecule has 0 aromatic rings. The predicted octanol–water partition coefficient (Wildman–Crippen LogP) is 4.01. The van der Waals surface area contributed by atoms with Crippen molar-refractivity contribution in [2.45, 2.75) is 80.5 Å². The van der Waals surface area contributed by atoms with Crippen LogP contribution in [0, 0.1) is 16.2 Å². The standard InChI is InChI=1S/C21H33F3O7/c1-9-20(8,17(28)29-10-14(25)18(3,4)5)12-19(6,7)16(27)30-11-15(26)31-13(2)21(22,23)24/h13H,9-12H2,1-8H3. The lowest BCUT2D eigenvalue weighted by Crippen LogP contribution is -2.40. The first kappa shape index (κ1) is 28.9. The first-order valence-corrected chi connectivity index (χ1v) is 9.90. The van der Waals surface area contributed by atoms with Crippen molar-refractivity contribution >= 4 is 23.7 Å². The van der Waals surface area contributed by atoms with Gasteiger partial charge in [-0.1, -0.05) is 27.7 Å². The number of ketones is 1. The monoisotopic (exact) mass is 454 g/mol. The predicted molar refractivity (Wildman–Crippen MR) is 105 cm³/mol. The van der Waals surface area contributed by atoms with Crippen LogP contribution in [0.2, 0.25) is 0 Å². The number of carbonyl (C=O) groups is 4. The van der Waals surface area contributed by atoms with Gasteiger partial charge in [-0.3, -0.25) is 14.4 Å². The lowest BCUT2D eigenvalue weighted by Gasteiger charge is -2.33. The molecule has 0 rings (SSSR count). The zero-order chi connectivity index (χ0) is 24.8. The molecule has 0 heterocycles. The van der Waals surface area contributed by atoms with Crippen LogP contribution in [0.3, 0.4) is 0 Å². The van der Waals surface area contributed by atoms with Gasteiger partial charge >= 0.3 is 24.1 Å². The summed E-state index contributed by atoms with van der Waals surface area (Å²) in [7, 11) is 0. The molecular weight excluding hydrogens is 421 g/mol. The minimum Gasteiger partial charge on any atom is -0.457 e. The molecule has 2 unspecified atom stereocenters. The Kier molecular flexibility index (Phi) is 9.74. The molecule has 180 valence electrons. The molecule has 0 aromatic heterocycles. The van der Waals surface area contributed by atoms with Crippen molar-refractivity contribution in [3.05, 3.63) is 0 Å². The third-order valence-electron chi connectivity index (χ3n) is 4.92. The van der Waals surface area contributed by atoms with Crippen LogP contribution in [0.15, 0.2) is 0 Å². The summed E-state index contributed by atoms with van der Waals surface area (Å²) in [4.78, 5) is 48.5. The largest absolute Gasteiger partial charge is 0.457 e. The van der Waals surface area contributed by atoms with E-state index < -0.39 is 59.6 Å². The summed E-state index contributed by atoms with van der Waals surface area (Å²) in [5.74, 6) is -3.15. The maximum Gasteiger partial charge on any atom is 0.425 e. The van der Waals surface area contributed by atoms with Crippen molar-refractivity contribution in [2.75, 3.05) is 13.2 Å². The van der Waals surface area contributed by atoms with Crippen LogP contribution in [0.1, 0.15) is 68.2 Å². The van der Waals surface area contributed by atoms with Crippen molar-refractivity contribution < 1.29 is 46.6 Å². The SMILES string of the molecule is CCC(C)(CC(C)(C)C(=O)OCC(=O)OC(C)C(F)(F)F)C(=O)OCC(=O)C(C)(C)C. The zero-order valence-electron chi connectivity index (χ0n) is 19.4. The number of hydrogen-bond donors (Lipinski definition) is 0. The molecule has 0 radical (unpaired) electrons. The first-order chi connectivity index (χ1) is 13.8. The Balaban J connectivity index is 4.99. The second kappa shape index (κ2) is 10.5. The lowest BCUT2D eigenvalue weighted by molar-refractivity contribution is -0.218. The smallest absolute Gasteiger partial charge is 0.425 e. The average Bonchev–Trinajstić information content (AvgIpc) is 2.61. The Morgan fingerprint density at radius 3 is 1.74 bits per heavy atom. The molecule has 31 heavy (non-hydrogen) atoms. The summed E-state index contributed by atoms with van der Waals surface area (Å²) in [6.07, 6.45) is -6.81. The van der Waals surface area contributed by atoms with Gasteiger partial charge in [-0.05, 0) is 40.5 Å². The van der Waals surface area contributed by atoms with Crippen molar-refractivity contribution in [2.24, 2.45) is 16.2 Å². The number of rotatable bonds is 10. The van der Waals surface area contributed by atoms with Gasteiger partial charge < -0.3 is 14.2 Å². The zero-order valence-corrected chi connectivity index (χ0v) is 19.4. The second-order valence-corrected chi connectivity index (χ2v) is 9.47. The van der Waals surface area contributed by atoms with Crippen molar-refractivity contribution in [1.82, 2.24) is 0 Å². The number of esters is 3. The molecule has 0 bridgehead atoms. The Hall–Kier alpha value is -2.13. The number of alkyl halides is 3. The fourth-order valence-corrected chi connectivity index (χ4v) is 2.53. The Morgan fingerprint density at radius 1 is 0.839 bits per heavy atom. The van der Waals surface area contributed by atoms with Gasteiger partial charge in [-0.25, -0.2) is 4.79 Å². The van der Waals surface area contributed by atoms with E-state index in [0.29, 0.717) is 6.92 Å². The Bertz CT molecular complexity index is 677. The summed E-state index contributed by atoms with van der Waals surface area (Å²) >= 11 is 0. The van der Waals surface area contributed by atoms with Crippen LogP contribution in [0.4, 0.5) is 13.2 Å². The van der Waals surface area contributed by atoms with E-state index in [1.54, 1.807) is 34.6 Å². The number of ether oxygens (including phenoxy) is 3. The van der Waals surface area contributed by atoms with Crippen LogP contribution >= 0.6 is 0 Å². The quantitative estimate of drug-likeness (QED) is 0.363. The number of halogens is 3. The molecule has 0 aliphatic rings. The van der Waals surface area contributed by atoms with Gasteiger partial charge in [-0.15, -0.1) is 0 Å². The molecule has 0 saturated heterocycles. The van der Waals surface area contributed by atoms with E-state index in [0.717, 1.165) is 0 Å². The first-order valence-electron chi connectivity index (χ1n) is 9.90. The van der Waals surface area contributed by atoms with E-state index in [-0.39, 0.29) is 18.6 Å². The molecular formula is C21H33F3O7. The highest BCUT2D eigenvalue weighted by atomic mass is 19.4. The highest BCUT2D eigenvalue weighted by Crippen LogP contribution is 2.38. The van der Waals surface area contributed by atoms with Crippen molar-refractivity contribution in [3.8, 4) is 0 Å². The van der Waals surface area contributed by atoms with Gasteiger partial charge in [-0.2, -0.15) is 13.2 Å². The van der Waals surface area contributed by atoms with Gasteiger partial charge in [0.2, 0.25) is 0 Å². The highest BCUT2D eigenvalue weighted by molar-refractivity contribution is 5.88. The number of hydrogen-bond acceptors (Lipinski definition) is 7. The van der Waals surface area contributed by atoms with E-state index in [4.69, 9.17) is 9.47 Å². The molecule has 0 aromatic carbocycles. The van der Waals surface area contributed by atoms with E-state index in [1.807, 2.05) is 0 Å². The van der Waals surface area contributed by atoms with Crippen molar-refractivity contribution in [3.63, 3.8) is 0 Å². The van der Waals surface area contributed by atoms with Crippen LogP contribution in [-0.4, -0.2) is 49.2 Å². The molecule has 10 heteroatoms. The molecule has 0 aliphatic heterocycles. The average molecular weight is 454 g/mol. The van der Waals surface area contributed by atoms with Crippen molar-refractivity contribution in [1.29, 1.82) is 0 Å². The lowest BCUT2D eigenvalue weighted by atomic mass is 9.72. The van der Waals surface area contributed by atoms with Gasteiger partial charge in [0, 0.05) is 5.41 Å². The molecule has 0 fully saturated rings. The fourth-order valence-electron chi connectivity index (χ4n) is 2.53. The number of Topliss-reactive ketones (excluding diaryl/α,β-unsaturated/α-hetero) is 1. The third-order valence-corrected chi connectivity index (χ3v) is 4.92. The van der Waals surface area contributed by atoms with E-state index in [1.165, 1.54) is 13.8 Å². The summed E-state index contributed by atoms with van der Waals surface area (Å²) in [6, 6.07) is 0. The molecule has 0 N–H and O–H groups in total. The molecule has 7 nitrogen and oxygen atoms in total. The number of carbonyl (C=O) groups excluding carboxylic acids is 4. The maximum absolute atomic E-state index is 12.6. The Morgan fingerprint density at radius 2 is 1.32 bits per heavy atom. The summed E-state index contributed by atoms with van der Waals surface area (Å²) < 4.78 is 51.4. The molecule has 0 aliphatic carbocycles. The third kappa shape index (κ3) is 9.26. The van der Waals surface area contributed by atoms with E-state index in [9.17, 15) is 32.3 Å². The second-order valence-electron chi connectivity index (χ2n) is 9.47. The van der Waals surface area contributed by atoms with Gasteiger partial charge in [0.05, 0.1) is 10.8 Å². The molecule has 0 spiro atoms. The van der Waals surface area contributed by atoms with E-state index >= 15 is 0 Å². The van der Waals surface area contributed by atoms with Crippen LogP contribution < -0.4 is 0 Å². The minimum absolute atomic E-state index is 0.0358. The summed E-state index contributed by atoms with van der Waals surface area (Å²) in [5, 5.41) is 0. The van der Waals surface area contributed by atoms with Crippen LogP contribution in [0.25, 0.3) is 0 Å². The van der Waals surface area contributed by atoms with E-state index in [2.05, 4.69) is 4.74 Å². The maximum atomic E-state index is 12.6. The summed E-state index contributed by atoms with van der Waals surface area (Å²) in [5.41, 5.74) is -3.08. The highest BCUT2D eigenvalue weighted by Gasteiger charge is 2.44. The molecule has 2 atom stereocenters. The molecule has 0 saturated carbocycles. The van der Waals surface area contributed by atoms with Gasteiger partial charge in [0.1, 0.15) is 0 Å². The summed E-state index contributed by atoms with van der Waals surface area (Å²) in [6.45, 7) is 10.6. The van der Waals surface area contributed by atoms with Crippen LogP contribution in [0.5, 0.6) is 0 Å². The van der Waals surface area contributed by atoms with Gasteiger partial charge in [0.15, 0.2) is 25.1 Å². The molecule has 0 amide bonds. The topological polar surface area (TPSA) is 96.0 Å². The van der Waals surface area contributed by atoms with Gasteiger partial charge in [0.25, 0.3) is 0 Å². The Labute approximate surface area is 181 Å².